The van der Waals surface area contributed by atoms with Crippen molar-refractivity contribution in [3.8, 4) is 6.07 Å². The molecule has 0 bridgehead atoms. The third kappa shape index (κ3) is 3.54. The minimum atomic E-state index is 0.0213. The molecule has 0 aliphatic carbocycles. The first-order valence-corrected chi connectivity index (χ1v) is 9.61. The summed E-state index contributed by atoms with van der Waals surface area (Å²) in [6.45, 7) is 3.40. The second-order valence-electron chi connectivity index (χ2n) is 7.19. The summed E-state index contributed by atoms with van der Waals surface area (Å²) in [5.41, 5.74) is 3.28. The van der Waals surface area contributed by atoms with Gasteiger partial charge in [-0.15, -0.1) is 0 Å². The summed E-state index contributed by atoms with van der Waals surface area (Å²) in [6, 6.07) is 20.9. The summed E-state index contributed by atoms with van der Waals surface area (Å²) in [5, 5.41) is 8.92. The molecule has 5 heteroatoms. The normalized spacial score (nSPS) is 15.8. The molecule has 5 nitrogen and oxygen atoms in total. The van der Waals surface area contributed by atoms with E-state index in [1.54, 1.807) is 4.57 Å². The molecule has 0 radical (unpaired) electrons. The number of aryl methyl sites for hydroxylation is 1. The van der Waals surface area contributed by atoms with Gasteiger partial charge in [-0.3, -0.25) is 14.0 Å². The second-order valence-corrected chi connectivity index (χ2v) is 7.19. The fourth-order valence-electron chi connectivity index (χ4n) is 4.14. The molecule has 2 aromatic carbocycles. The standard InChI is InChI=1S/C22H24N4O/c23-13-6-14-25-20-9-4-5-10-21(20)26(22(25)27)19-11-15-24(16-12-19)17-18-7-2-1-3-8-18/h1-5,7-10,19H,6,11-12,14-17H2. The molecule has 0 unspecified atom stereocenters. The molecule has 1 aliphatic rings. The van der Waals surface area contributed by atoms with Crippen LogP contribution in [0.2, 0.25) is 0 Å². The second kappa shape index (κ2) is 7.81. The molecular formula is C22H24N4O. The Morgan fingerprint density at radius 1 is 0.963 bits per heavy atom. The van der Waals surface area contributed by atoms with Gasteiger partial charge in [0.1, 0.15) is 0 Å². The Kier molecular flexibility index (Phi) is 5.08. The summed E-state index contributed by atoms with van der Waals surface area (Å²) in [5.74, 6) is 0. The van der Waals surface area contributed by atoms with Crippen molar-refractivity contribution in [2.24, 2.45) is 0 Å². The van der Waals surface area contributed by atoms with Gasteiger partial charge < -0.3 is 0 Å². The molecule has 2 heterocycles. The number of likely N-dealkylation sites (tertiary alicyclic amines) is 1. The van der Waals surface area contributed by atoms with Crippen LogP contribution in [-0.2, 0) is 13.1 Å². The lowest BCUT2D eigenvalue weighted by atomic mass is 10.0. The SMILES string of the molecule is N#CCCn1c(=O)n(C2CCN(Cc3ccccc3)CC2)c2ccccc21. The lowest BCUT2D eigenvalue weighted by Gasteiger charge is -2.32. The molecule has 0 saturated carbocycles. The zero-order valence-corrected chi connectivity index (χ0v) is 15.4. The van der Waals surface area contributed by atoms with Gasteiger partial charge in [0.2, 0.25) is 0 Å². The average molecular weight is 360 g/mol. The Bertz CT molecular complexity index is 1000. The van der Waals surface area contributed by atoms with Crippen LogP contribution < -0.4 is 5.69 Å². The van der Waals surface area contributed by atoms with E-state index in [2.05, 4.69) is 35.2 Å². The number of rotatable bonds is 5. The van der Waals surface area contributed by atoms with E-state index in [1.165, 1.54) is 5.56 Å². The lowest BCUT2D eigenvalue weighted by molar-refractivity contribution is 0.179. The van der Waals surface area contributed by atoms with Gasteiger partial charge in [0.15, 0.2) is 0 Å². The molecule has 1 fully saturated rings. The molecule has 0 N–H and O–H groups in total. The summed E-state index contributed by atoms with van der Waals surface area (Å²) < 4.78 is 3.72. The number of nitriles is 1. The van der Waals surface area contributed by atoms with Gasteiger partial charge in [-0.25, -0.2) is 4.79 Å². The van der Waals surface area contributed by atoms with Crippen LogP contribution in [0, 0.1) is 11.3 Å². The number of piperidine rings is 1. The van der Waals surface area contributed by atoms with E-state index in [9.17, 15) is 4.79 Å². The zero-order chi connectivity index (χ0) is 18.6. The number of hydrogen-bond acceptors (Lipinski definition) is 3. The van der Waals surface area contributed by atoms with Gasteiger partial charge >= 0.3 is 5.69 Å². The monoisotopic (exact) mass is 360 g/mol. The first kappa shape index (κ1) is 17.6. The predicted molar refractivity (Wildman–Crippen MR) is 106 cm³/mol. The van der Waals surface area contributed by atoms with Crippen LogP contribution in [0.4, 0.5) is 0 Å². The number of aromatic nitrogens is 2. The van der Waals surface area contributed by atoms with Crippen LogP contribution in [0.15, 0.2) is 59.4 Å². The quantitative estimate of drug-likeness (QED) is 0.699. The summed E-state index contributed by atoms with van der Waals surface area (Å²) in [6.07, 6.45) is 2.29. The van der Waals surface area contributed by atoms with Gasteiger partial charge in [0.05, 0.1) is 23.5 Å². The van der Waals surface area contributed by atoms with Gasteiger partial charge in [-0.2, -0.15) is 5.26 Å². The van der Waals surface area contributed by atoms with E-state index in [0.717, 1.165) is 43.5 Å². The van der Waals surface area contributed by atoms with Gasteiger partial charge in [-0.05, 0) is 30.5 Å². The number of benzene rings is 2. The summed E-state index contributed by atoms with van der Waals surface area (Å²) in [7, 11) is 0. The van der Waals surface area contributed by atoms with Gasteiger partial charge in [0, 0.05) is 32.2 Å². The van der Waals surface area contributed by atoms with Crippen molar-refractivity contribution >= 4 is 11.0 Å². The molecule has 1 aromatic heterocycles. The third-order valence-electron chi connectivity index (χ3n) is 5.49. The van der Waals surface area contributed by atoms with E-state index in [-0.39, 0.29) is 11.7 Å². The number of nitrogens with zero attached hydrogens (tertiary/aromatic N) is 4. The predicted octanol–water partition coefficient (Wildman–Crippen LogP) is 3.55. The van der Waals surface area contributed by atoms with E-state index in [4.69, 9.17) is 5.26 Å². The minimum absolute atomic E-state index is 0.0213. The third-order valence-corrected chi connectivity index (χ3v) is 5.49. The molecular weight excluding hydrogens is 336 g/mol. The molecule has 1 saturated heterocycles. The average Bonchev–Trinajstić information content (AvgIpc) is 2.99. The highest BCUT2D eigenvalue weighted by Crippen LogP contribution is 2.26. The molecule has 4 rings (SSSR count). The van der Waals surface area contributed by atoms with Crippen molar-refractivity contribution in [2.45, 2.75) is 38.4 Å². The smallest absolute Gasteiger partial charge is 0.299 e. The zero-order valence-electron chi connectivity index (χ0n) is 15.4. The van der Waals surface area contributed by atoms with Gasteiger partial charge in [0.25, 0.3) is 0 Å². The number of fused-ring (bicyclic) bond motifs is 1. The van der Waals surface area contributed by atoms with Crippen LogP contribution in [0.5, 0.6) is 0 Å². The van der Waals surface area contributed by atoms with Crippen molar-refractivity contribution in [1.82, 2.24) is 14.0 Å². The first-order chi connectivity index (χ1) is 13.3. The Morgan fingerprint density at radius 2 is 1.63 bits per heavy atom. The number of hydrogen-bond donors (Lipinski definition) is 0. The van der Waals surface area contributed by atoms with Crippen LogP contribution in [-0.4, -0.2) is 27.1 Å². The maximum atomic E-state index is 13.1. The Balaban J connectivity index is 1.55. The fourth-order valence-corrected chi connectivity index (χ4v) is 4.14. The summed E-state index contributed by atoms with van der Waals surface area (Å²) in [4.78, 5) is 15.5. The maximum Gasteiger partial charge on any atom is 0.329 e. The van der Waals surface area contributed by atoms with Crippen molar-refractivity contribution in [2.75, 3.05) is 13.1 Å². The first-order valence-electron chi connectivity index (χ1n) is 9.61. The van der Waals surface area contributed by atoms with Crippen LogP contribution in [0.1, 0.15) is 30.9 Å². The van der Waals surface area contributed by atoms with E-state index >= 15 is 0 Å². The maximum absolute atomic E-state index is 13.1. The topological polar surface area (TPSA) is 54.0 Å². The molecule has 0 spiro atoms. The van der Waals surface area contributed by atoms with E-state index in [0.29, 0.717) is 13.0 Å². The van der Waals surface area contributed by atoms with Crippen molar-refractivity contribution in [3.05, 3.63) is 70.6 Å². The van der Waals surface area contributed by atoms with Crippen molar-refractivity contribution < 1.29 is 0 Å². The van der Waals surface area contributed by atoms with Crippen molar-refractivity contribution in [3.63, 3.8) is 0 Å². The Hall–Kier alpha value is -2.84. The van der Waals surface area contributed by atoms with E-state index < -0.39 is 0 Å². The van der Waals surface area contributed by atoms with Gasteiger partial charge in [-0.1, -0.05) is 42.5 Å². The molecule has 0 atom stereocenters. The minimum Gasteiger partial charge on any atom is -0.299 e. The van der Waals surface area contributed by atoms with E-state index in [1.807, 2.05) is 34.9 Å². The highest BCUT2D eigenvalue weighted by atomic mass is 16.1. The number of imidazole rings is 1. The summed E-state index contributed by atoms with van der Waals surface area (Å²) >= 11 is 0. The molecule has 27 heavy (non-hydrogen) atoms. The number of para-hydroxylation sites is 2. The molecule has 0 amide bonds. The highest BCUT2D eigenvalue weighted by molar-refractivity contribution is 5.76. The largest absolute Gasteiger partial charge is 0.329 e. The molecule has 3 aromatic rings. The van der Waals surface area contributed by atoms with Crippen LogP contribution in [0.25, 0.3) is 11.0 Å². The highest BCUT2D eigenvalue weighted by Gasteiger charge is 2.25. The Morgan fingerprint density at radius 3 is 2.33 bits per heavy atom. The molecule has 1 aliphatic heterocycles. The van der Waals surface area contributed by atoms with Crippen LogP contribution >= 0.6 is 0 Å². The fraction of sp³-hybridized carbons (Fsp3) is 0.364. The Labute approximate surface area is 159 Å². The van der Waals surface area contributed by atoms with Crippen LogP contribution in [0.3, 0.4) is 0 Å². The lowest BCUT2D eigenvalue weighted by Crippen LogP contribution is -2.37. The molecule has 138 valence electrons. The van der Waals surface area contributed by atoms with Crippen molar-refractivity contribution in [1.29, 1.82) is 5.26 Å².